The molecule has 0 fully saturated rings. The quantitative estimate of drug-likeness (QED) is 0.463. The fourth-order valence-corrected chi connectivity index (χ4v) is 3.88. The van der Waals surface area contributed by atoms with Gasteiger partial charge >= 0.3 is 0 Å². The number of para-hydroxylation sites is 1. The molecule has 2 aromatic carbocycles. The maximum Gasteiger partial charge on any atom is 0.267 e. The molecule has 4 rings (SSSR count). The molecule has 0 saturated heterocycles. The second-order valence-corrected chi connectivity index (χ2v) is 7.51. The number of hydrogen-bond donors (Lipinski definition) is 0. The average Bonchev–Trinajstić information content (AvgIpc) is 3.14. The Kier molecular flexibility index (Phi) is 5.48. The Hall–Kier alpha value is -3.32. The SMILES string of the molecule is Cc1ccccc1OCC(=O)N(Cc1cccnc1)c1nc2ccc(F)cc2s1. The summed E-state index contributed by atoms with van der Waals surface area (Å²) in [6, 6.07) is 15.6. The molecule has 4 aromatic rings. The van der Waals surface area contributed by atoms with Crippen molar-refractivity contribution >= 4 is 32.6 Å². The number of fused-ring (bicyclic) bond motifs is 1. The number of aryl methyl sites for hydroxylation is 1. The summed E-state index contributed by atoms with van der Waals surface area (Å²) in [5, 5.41) is 0.493. The van der Waals surface area contributed by atoms with Crippen molar-refractivity contribution in [3.8, 4) is 5.75 Å². The van der Waals surface area contributed by atoms with Crippen LogP contribution in [0.4, 0.5) is 9.52 Å². The van der Waals surface area contributed by atoms with Crippen LogP contribution in [-0.4, -0.2) is 22.5 Å². The van der Waals surface area contributed by atoms with Gasteiger partial charge in [-0.1, -0.05) is 35.6 Å². The van der Waals surface area contributed by atoms with Crippen molar-refractivity contribution in [2.24, 2.45) is 0 Å². The fraction of sp³-hybridized carbons (Fsp3) is 0.136. The zero-order chi connectivity index (χ0) is 20.2. The largest absolute Gasteiger partial charge is 0.483 e. The van der Waals surface area contributed by atoms with Crippen molar-refractivity contribution in [2.75, 3.05) is 11.5 Å². The van der Waals surface area contributed by atoms with Gasteiger partial charge in [-0.3, -0.25) is 14.7 Å². The average molecular weight is 407 g/mol. The third kappa shape index (κ3) is 4.41. The number of hydrogen-bond acceptors (Lipinski definition) is 5. The van der Waals surface area contributed by atoms with E-state index in [-0.39, 0.29) is 18.3 Å². The van der Waals surface area contributed by atoms with E-state index < -0.39 is 0 Å². The van der Waals surface area contributed by atoms with Gasteiger partial charge in [0.2, 0.25) is 0 Å². The molecule has 0 aliphatic rings. The lowest BCUT2D eigenvalue weighted by atomic mass is 10.2. The summed E-state index contributed by atoms with van der Waals surface area (Å²) in [5.74, 6) is 0.0888. The molecule has 0 saturated carbocycles. The van der Waals surface area contributed by atoms with Gasteiger partial charge in [0.15, 0.2) is 11.7 Å². The topological polar surface area (TPSA) is 55.3 Å². The predicted molar refractivity (Wildman–Crippen MR) is 112 cm³/mol. The molecule has 2 heterocycles. The lowest BCUT2D eigenvalue weighted by Crippen LogP contribution is -2.34. The summed E-state index contributed by atoms with van der Waals surface area (Å²) >= 11 is 1.27. The molecular formula is C22H18FN3O2S. The standard InChI is InChI=1S/C22H18FN3O2S/c1-15-5-2-3-7-19(15)28-14-21(27)26(13-16-6-4-10-24-12-16)22-25-18-9-8-17(23)11-20(18)29-22/h2-12H,13-14H2,1H3. The first-order chi connectivity index (χ1) is 14.1. The molecule has 0 N–H and O–H groups in total. The van der Waals surface area contributed by atoms with Crippen molar-refractivity contribution in [3.05, 3.63) is 83.9 Å². The number of carbonyl (C=O) groups is 1. The minimum Gasteiger partial charge on any atom is -0.483 e. The van der Waals surface area contributed by atoms with Gasteiger partial charge in [-0.25, -0.2) is 9.37 Å². The monoisotopic (exact) mass is 407 g/mol. The van der Waals surface area contributed by atoms with Crippen LogP contribution < -0.4 is 9.64 Å². The molecule has 146 valence electrons. The highest BCUT2D eigenvalue weighted by atomic mass is 32.1. The normalized spacial score (nSPS) is 10.8. The van der Waals surface area contributed by atoms with E-state index >= 15 is 0 Å². The second-order valence-electron chi connectivity index (χ2n) is 6.50. The summed E-state index contributed by atoms with van der Waals surface area (Å²) in [5.41, 5.74) is 2.46. The summed E-state index contributed by atoms with van der Waals surface area (Å²) in [4.78, 5) is 23.2. The van der Waals surface area contributed by atoms with E-state index in [4.69, 9.17) is 4.74 Å². The van der Waals surface area contributed by atoms with Crippen molar-refractivity contribution in [3.63, 3.8) is 0 Å². The summed E-state index contributed by atoms with van der Waals surface area (Å²) in [7, 11) is 0. The van der Waals surface area contributed by atoms with Crippen LogP contribution in [0.3, 0.4) is 0 Å². The van der Waals surface area contributed by atoms with Gasteiger partial charge in [-0.05, 0) is 48.4 Å². The Morgan fingerprint density at radius 3 is 2.83 bits per heavy atom. The maximum atomic E-state index is 13.6. The van der Waals surface area contributed by atoms with Crippen LogP contribution in [0, 0.1) is 12.7 Å². The lowest BCUT2D eigenvalue weighted by molar-refractivity contribution is -0.120. The van der Waals surface area contributed by atoms with Crippen LogP contribution in [-0.2, 0) is 11.3 Å². The van der Waals surface area contributed by atoms with Crippen molar-refractivity contribution in [2.45, 2.75) is 13.5 Å². The first-order valence-electron chi connectivity index (χ1n) is 9.04. The minimum absolute atomic E-state index is 0.130. The van der Waals surface area contributed by atoms with Crippen molar-refractivity contribution in [1.82, 2.24) is 9.97 Å². The number of benzene rings is 2. The van der Waals surface area contributed by atoms with Gasteiger partial charge in [-0.15, -0.1) is 0 Å². The van der Waals surface area contributed by atoms with E-state index in [1.165, 1.54) is 23.5 Å². The first-order valence-corrected chi connectivity index (χ1v) is 9.85. The van der Waals surface area contributed by atoms with Crippen LogP contribution in [0.25, 0.3) is 10.2 Å². The highest BCUT2D eigenvalue weighted by Gasteiger charge is 2.21. The fourth-order valence-electron chi connectivity index (χ4n) is 2.87. The van der Waals surface area contributed by atoms with Gasteiger partial charge in [0.1, 0.15) is 11.6 Å². The number of pyridine rings is 1. The van der Waals surface area contributed by atoms with Gasteiger partial charge in [0.05, 0.1) is 16.8 Å². The first kappa shape index (κ1) is 19.0. The van der Waals surface area contributed by atoms with E-state index in [0.29, 0.717) is 27.6 Å². The number of aromatic nitrogens is 2. The van der Waals surface area contributed by atoms with E-state index in [0.717, 1.165) is 11.1 Å². The predicted octanol–water partition coefficient (Wildman–Crippen LogP) is 4.75. The summed E-state index contributed by atoms with van der Waals surface area (Å²) in [6.45, 7) is 2.09. The third-order valence-electron chi connectivity index (χ3n) is 4.38. The van der Waals surface area contributed by atoms with E-state index in [2.05, 4.69) is 9.97 Å². The van der Waals surface area contributed by atoms with Crippen molar-refractivity contribution < 1.29 is 13.9 Å². The van der Waals surface area contributed by atoms with E-state index in [1.807, 2.05) is 43.3 Å². The Bertz CT molecular complexity index is 1150. The number of ether oxygens (including phenoxy) is 1. The molecule has 0 radical (unpaired) electrons. The minimum atomic E-state index is -0.333. The van der Waals surface area contributed by atoms with Gasteiger partial charge in [0.25, 0.3) is 5.91 Å². The second kappa shape index (κ2) is 8.36. The number of amides is 1. The zero-order valence-electron chi connectivity index (χ0n) is 15.7. The molecule has 7 heteroatoms. The van der Waals surface area contributed by atoms with Gasteiger partial charge < -0.3 is 4.74 Å². The van der Waals surface area contributed by atoms with Crippen LogP contribution in [0.1, 0.15) is 11.1 Å². The Labute approximate surface area is 171 Å². The number of anilines is 1. The molecule has 0 atom stereocenters. The molecule has 0 bridgehead atoms. The van der Waals surface area contributed by atoms with Crippen LogP contribution in [0.15, 0.2) is 67.0 Å². The number of thiazole rings is 1. The Balaban J connectivity index is 1.61. The van der Waals surface area contributed by atoms with Gasteiger partial charge in [-0.2, -0.15) is 0 Å². The lowest BCUT2D eigenvalue weighted by Gasteiger charge is -2.20. The van der Waals surface area contributed by atoms with E-state index in [9.17, 15) is 9.18 Å². The van der Waals surface area contributed by atoms with Crippen LogP contribution in [0.2, 0.25) is 0 Å². The molecule has 0 unspecified atom stereocenters. The Morgan fingerprint density at radius 1 is 1.17 bits per heavy atom. The number of rotatable bonds is 6. The zero-order valence-corrected chi connectivity index (χ0v) is 16.5. The third-order valence-corrected chi connectivity index (χ3v) is 5.42. The smallest absolute Gasteiger partial charge is 0.267 e. The van der Waals surface area contributed by atoms with Crippen LogP contribution in [0.5, 0.6) is 5.75 Å². The van der Waals surface area contributed by atoms with Gasteiger partial charge in [0, 0.05) is 12.4 Å². The van der Waals surface area contributed by atoms with Crippen molar-refractivity contribution in [1.29, 1.82) is 0 Å². The maximum absolute atomic E-state index is 13.6. The Morgan fingerprint density at radius 2 is 2.03 bits per heavy atom. The molecule has 0 aliphatic heterocycles. The molecular weight excluding hydrogens is 389 g/mol. The van der Waals surface area contributed by atoms with E-state index in [1.54, 1.807) is 23.4 Å². The number of halogens is 1. The number of carbonyl (C=O) groups excluding carboxylic acids is 1. The molecule has 5 nitrogen and oxygen atoms in total. The highest BCUT2D eigenvalue weighted by molar-refractivity contribution is 7.22. The summed E-state index contributed by atoms with van der Waals surface area (Å²) in [6.07, 6.45) is 3.38. The highest BCUT2D eigenvalue weighted by Crippen LogP contribution is 2.30. The molecule has 0 aliphatic carbocycles. The molecule has 0 spiro atoms. The molecule has 1 amide bonds. The molecule has 2 aromatic heterocycles. The summed E-state index contributed by atoms with van der Waals surface area (Å²) < 4.78 is 20.0. The number of nitrogens with zero attached hydrogens (tertiary/aromatic N) is 3. The van der Waals surface area contributed by atoms with Crippen LogP contribution >= 0.6 is 11.3 Å². The molecule has 29 heavy (non-hydrogen) atoms.